The van der Waals surface area contributed by atoms with Gasteiger partial charge >= 0.3 is 0 Å². The van der Waals surface area contributed by atoms with Gasteiger partial charge in [0.05, 0.1) is 12.7 Å². The predicted molar refractivity (Wildman–Crippen MR) is 52.6 cm³/mol. The van der Waals surface area contributed by atoms with Crippen LogP contribution in [0.5, 0.6) is 0 Å². The lowest BCUT2D eigenvalue weighted by molar-refractivity contribution is -0.0431. The van der Waals surface area contributed by atoms with E-state index in [4.69, 9.17) is 9.47 Å². The molecule has 2 unspecified atom stereocenters. The van der Waals surface area contributed by atoms with Crippen LogP contribution in [0.15, 0.2) is 0 Å². The first-order chi connectivity index (χ1) is 6.61. The standard InChI is InChI=1S/C8H17NO4S/c1-3-13-7-6-12-5-4-8(7)14(10,11)9-2/h7-9H,3-6H2,1-2H3. The Kier molecular flexibility index (Phi) is 4.31. The monoisotopic (exact) mass is 223 g/mol. The lowest BCUT2D eigenvalue weighted by Crippen LogP contribution is -2.47. The molecule has 1 saturated heterocycles. The Labute approximate surface area is 84.8 Å². The highest BCUT2D eigenvalue weighted by Gasteiger charge is 2.35. The number of sulfonamides is 1. The van der Waals surface area contributed by atoms with Crippen molar-refractivity contribution in [2.45, 2.75) is 24.7 Å². The molecule has 1 N–H and O–H groups in total. The smallest absolute Gasteiger partial charge is 0.216 e. The van der Waals surface area contributed by atoms with Crippen molar-refractivity contribution in [2.75, 3.05) is 26.9 Å². The largest absolute Gasteiger partial charge is 0.379 e. The van der Waals surface area contributed by atoms with Gasteiger partial charge in [0.25, 0.3) is 0 Å². The summed E-state index contributed by atoms with van der Waals surface area (Å²) in [6.07, 6.45) is 0.152. The fraction of sp³-hybridized carbons (Fsp3) is 1.00. The van der Waals surface area contributed by atoms with E-state index in [1.165, 1.54) is 7.05 Å². The predicted octanol–water partition coefficient (Wildman–Crippen LogP) is -0.270. The Morgan fingerprint density at radius 1 is 1.57 bits per heavy atom. The maximum absolute atomic E-state index is 11.6. The second-order valence-electron chi connectivity index (χ2n) is 3.14. The Bertz CT molecular complexity index is 263. The summed E-state index contributed by atoms with van der Waals surface area (Å²) in [6.45, 7) is 3.19. The van der Waals surface area contributed by atoms with Gasteiger partial charge < -0.3 is 9.47 Å². The van der Waals surface area contributed by atoms with Crippen molar-refractivity contribution in [3.8, 4) is 0 Å². The van der Waals surface area contributed by atoms with Gasteiger partial charge in [0, 0.05) is 13.2 Å². The highest BCUT2D eigenvalue weighted by Crippen LogP contribution is 2.18. The molecule has 1 aliphatic rings. The van der Waals surface area contributed by atoms with Crippen LogP contribution >= 0.6 is 0 Å². The Morgan fingerprint density at radius 2 is 2.29 bits per heavy atom. The van der Waals surface area contributed by atoms with Gasteiger partial charge in [-0.05, 0) is 20.4 Å². The summed E-state index contributed by atoms with van der Waals surface area (Å²) >= 11 is 0. The molecule has 84 valence electrons. The minimum atomic E-state index is -3.25. The number of hydrogen-bond acceptors (Lipinski definition) is 4. The third-order valence-electron chi connectivity index (χ3n) is 2.31. The van der Waals surface area contributed by atoms with Gasteiger partial charge in [0.1, 0.15) is 5.25 Å². The molecule has 1 fully saturated rings. The van der Waals surface area contributed by atoms with Crippen LogP contribution in [-0.2, 0) is 19.5 Å². The second-order valence-corrected chi connectivity index (χ2v) is 5.25. The lowest BCUT2D eigenvalue weighted by atomic mass is 10.1. The fourth-order valence-corrected chi connectivity index (χ4v) is 2.83. The van der Waals surface area contributed by atoms with Gasteiger partial charge in [-0.25, -0.2) is 13.1 Å². The van der Waals surface area contributed by atoms with E-state index in [0.29, 0.717) is 26.2 Å². The zero-order chi connectivity index (χ0) is 10.6. The fourth-order valence-electron chi connectivity index (χ4n) is 1.57. The molecule has 0 bridgehead atoms. The Morgan fingerprint density at radius 3 is 2.86 bits per heavy atom. The molecule has 0 radical (unpaired) electrons. The first kappa shape index (κ1) is 11.9. The minimum Gasteiger partial charge on any atom is -0.379 e. The molecule has 5 nitrogen and oxygen atoms in total. The van der Waals surface area contributed by atoms with E-state index >= 15 is 0 Å². The summed E-state index contributed by atoms with van der Waals surface area (Å²) in [5, 5.41) is -0.485. The molecule has 0 aromatic carbocycles. The molecule has 0 saturated carbocycles. The molecule has 6 heteroatoms. The van der Waals surface area contributed by atoms with Crippen LogP contribution in [0, 0.1) is 0 Å². The van der Waals surface area contributed by atoms with Gasteiger partial charge in [-0.1, -0.05) is 0 Å². The van der Waals surface area contributed by atoms with Crippen LogP contribution in [0.3, 0.4) is 0 Å². The summed E-state index contributed by atoms with van der Waals surface area (Å²) in [5.74, 6) is 0. The zero-order valence-corrected chi connectivity index (χ0v) is 9.34. The number of rotatable bonds is 4. The average Bonchev–Trinajstić information content (AvgIpc) is 2.19. The number of ether oxygens (including phenoxy) is 2. The van der Waals surface area contributed by atoms with Crippen LogP contribution in [0.4, 0.5) is 0 Å². The molecule has 0 spiro atoms. The van der Waals surface area contributed by atoms with E-state index in [-0.39, 0.29) is 6.10 Å². The van der Waals surface area contributed by atoms with E-state index in [1.54, 1.807) is 0 Å². The first-order valence-corrected chi connectivity index (χ1v) is 6.28. The second kappa shape index (κ2) is 5.06. The molecule has 14 heavy (non-hydrogen) atoms. The SMILES string of the molecule is CCOC1COCCC1S(=O)(=O)NC. The molecule has 1 aliphatic heterocycles. The van der Waals surface area contributed by atoms with Crippen molar-refractivity contribution >= 4 is 10.0 Å². The number of nitrogens with one attached hydrogen (secondary N) is 1. The third kappa shape index (κ3) is 2.66. The summed E-state index contributed by atoms with van der Waals surface area (Å²) in [5.41, 5.74) is 0. The minimum absolute atomic E-state index is 0.341. The molecule has 0 aromatic rings. The topological polar surface area (TPSA) is 64.6 Å². The molecule has 0 aromatic heterocycles. The summed E-state index contributed by atoms with van der Waals surface area (Å²) in [7, 11) is -1.82. The first-order valence-electron chi connectivity index (χ1n) is 4.73. The van der Waals surface area contributed by atoms with Gasteiger partial charge in [0.2, 0.25) is 10.0 Å². The van der Waals surface area contributed by atoms with Gasteiger partial charge in [-0.2, -0.15) is 0 Å². The lowest BCUT2D eigenvalue weighted by Gasteiger charge is -2.30. The van der Waals surface area contributed by atoms with E-state index in [2.05, 4.69) is 4.72 Å². The van der Waals surface area contributed by atoms with Crippen molar-refractivity contribution < 1.29 is 17.9 Å². The summed E-state index contributed by atoms with van der Waals surface area (Å²) in [4.78, 5) is 0. The maximum Gasteiger partial charge on any atom is 0.216 e. The van der Waals surface area contributed by atoms with Crippen molar-refractivity contribution in [1.29, 1.82) is 0 Å². The zero-order valence-electron chi connectivity index (χ0n) is 8.52. The Balaban J connectivity index is 2.72. The molecular formula is C8H17NO4S. The molecule has 2 atom stereocenters. The molecular weight excluding hydrogens is 206 g/mol. The van der Waals surface area contributed by atoms with E-state index in [0.717, 1.165) is 0 Å². The van der Waals surface area contributed by atoms with E-state index < -0.39 is 15.3 Å². The molecule has 1 rings (SSSR count). The van der Waals surface area contributed by atoms with Crippen molar-refractivity contribution in [3.63, 3.8) is 0 Å². The van der Waals surface area contributed by atoms with Crippen LogP contribution < -0.4 is 4.72 Å². The van der Waals surface area contributed by atoms with Crippen LogP contribution in [-0.4, -0.2) is 46.6 Å². The van der Waals surface area contributed by atoms with Gasteiger partial charge in [0.15, 0.2) is 0 Å². The molecule has 0 aliphatic carbocycles. The van der Waals surface area contributed by atoms with E-state index in [1.807, 2.05) is 6.92 Å². The van der Waals surface area contributed by atoms with E-state index in [9.17, 15) is 8.42 Å². The van der Waals surface area contributed by atoms with Crippen LogP contribution in [0.25, 0.3) is 0 Å². The highest BCUT2D eigenvalue weighted by atomic mass is 32.2. The van der Waals surface area contributed by atoms with Gasteiger partial charge in [-0.15, -0.1) is 0 Å². The van der Waals surface area contributed by atoms with Crippen molar-refractivity contribution in [1.82, 2.24) is 4.72 Å². The molecule has 1 heterocycles. The van der Waals surface area contributed by atoms with Crippen molar-refractivity contribution in [2.24, 2.45) is 0 Å². The molecule has 0 amide bonds. The van der Waals surface area contributed by atoms with Crippen LogP contribution in [0.1, 0.15) is 13.3 Å². The summed E-state index contributed by atoms with van der Waals surface area (Å²) in [6, 6.07) is 0. The number of hydrogen-bond donors (Lipinski definition) is 1. The normalized spacial score (nSPS) is 29.0. The maximum atomic E-state index is 11.6. The van der Waals surface area contributed by atoms with Gasteiger partial charge in [-0.3, -0.25) is 0 Å². The highest BCUT2D eigenvalue weighted by molar-refractivity contribution is 7.90. The summed E-state index contributed by atoms with van der Waals surface area (Å²) < 4.78 is 36.0. The quantitative estimate of drug-likeness (QED) is 0.712. The van der Waals surface area contributed by atoms with Crippen molar-refractivity contribution in [3.05, 3.63) is 0 Å². The Hall–Kier alpha value is -0.170. The third-order valence-corrected chi connectivity index (χ3v) is 4.21. The van der Waals surface area contributed by atoms with Crippen LogP contribution in [0.2, 0.25) is 0 Å². The average molecular weight is 223 g/mol.